The monoisotopic (exact) mass is 374 g/mol. The summed E-state index contributed by atoms with van der Waals surface area (Å²) < 4.78 is 17.0. The van der Waals surface area contributed by atoms with Crippen LogP contribution < -0.4 is 10.0 Å². The highest BCUT2D eigenvalue weighted by atomic mass is 32.2. The Hall–Kier alpha value is -2.51. The molecule has 0 fully saturated rings. The molecule has 3 rings (SSSR count). The van der Waals surface area contributed by atoms with E-state index in [0.29, 0.717) is 16.1 Å². The quantitative estimate of drug-likeness (QED) is 0.537. The van der Waals surface area contributed by atoms with Gasteiger partial charge in [-0.05, 0) is 47.3 Å². The maximum absolute atomic E-state index is 13.9. The Balaban J connectivity index is 1.80. The first-order valence-electron chi connectivity index (χ1n) is 7.35. The van der Waals surface area contributed by atoms with E-state index in [4.69, 9.17) is 0 Å². The highest BCUT2D eigenvalue weighted by Crippen LogP contribution is 2.34. The number of halogens is 1. The molecular weight excluding hydrogens is 359 g/mol. The Morgan fingerprint density at radius 3 is 2.68 bits per heavy atom. The van der Waals surface area contributed by atoms with Crippen LogP contribution in [0.15, 0.2) is 53.9 Å². The van der Waals surface area contributed by atoms with Gasteiger partial charge in [-0.2, -0.15) is 0 Å². The van der Waals surface area contributed by atoms with Gasteiger partial charge in [0.15, 0.2) is 0 Å². The van der Waals surface area contributed by atoms with E-state index < -0.39 is 5.82 Å². The number of phenolic OH excluding ortho intramolecular Hbond substituents is 1. The Kier molecular flexibility index (Phi) is 5.25. The normalized spacial score (nSPS) is 10.5. The van der Waals surface area contributed by atoms with Crippen LogP contribution >= 0.6 is 23.3 Å². The fourth-order valence-corrected chi connectivity index (χ4v) is 3.51. The lowest BCUT2D eigenvalue weighted by molar-refractivity contribution is 0.103. The number of carbonyl (C=O) groups is 1. The van der Waals surface area contributed by atoms with Crippen molar-refractivity contribution in [3.8, 4) is 16.9 Å². The SMILES string of the molecule is CSNc1cccc(NC(=O)c2cc(-c3c(O)cccc3F)cs2)c1. The minimum Gasteiger partial charge on any atom is -0.507 e. The number of anilines is 2. The summed E-state index contributed by atoms with van der Waals surface area (Å²) in [5.41, 5.74) is 2.12. The van der Waals surface area contributed by atoms with Crippen molar-refractivity contribution in [3.63, 3.8) is 0 Å². The van der Waals surface area contributed by atoms with Crippen LogP contribution in [-0.2, 0) is 0 Å². The number of nitrogens with one attached hydrogen (secondary N) is 2. The van der Waals surface area contributed by atoms with Crippen LogP contribution in [0, 0.1) is 5.82 Å². The number of benzene rings is 2. The van der Waals surface area contributed by atoms with Crippen molar-refractivity contribution >= 4 is 40.6 Å². The predicted molar refractivity (Wildman–Crippen MR) is 103 cm³/mol. The highest BCUT2D eigenvalue weighted by molar-refractivity contribution is 7.99. The predicted octanol–water partition coefficient (Wildman–Crippen LogP) is 5.20. The van der Waals surface area contributed by atoms with Crippen molar-refractivity contribution in [2.45, 2.75) is 0 Å². The number of thiophene rings is 1. The Morgan fingerprint density at radius 2 is 1.92 bits per heavy atom. The van der Waals surface area contributed by atoms with Crippen molar-refractivity contribution in [2.75, 3.05) is 16.3 Å². The number of phenols is 1. The lowest BCUT2D eigenvalue weighted by Gasteiger charge is -2.07. The first-order chi connectivity index (χ1) is 12.1. The number of amides is 1. The Morgan fingerprint density at radius 1 is 1.16 bits per heavy atom. The fraction of sp³-hybridized carbons (Fsp3) is 0.0556. The largest absolute Gasteiger partial charge is 0.507 e. The zero-order valence-electron chi connectivity index (χ0n) is 13.2. The molecule has 0 bridgehead atoms. The second-order valence-electron chi connectivity index (χ2n) is 5.17. The van der Waals surface area contributed by atoms with Gasteiger partial charge < -0.3 is 15.1 Å². The van der Waals surface area contributed by atoms with Crippen molar-refractivity contribution < 1.29 is 14.3 Å². The average Bonchev–Trinajstić information content (AvgIpc) is 3.05. The van der Waals surface area contributed by atoms with Gasteiger partial charge in [0.25, 0.3) is 5.91 Å². The molecule has 3 N–H and O–H groups in total. The molecule has 0 atom stereocenters. The first-order valence-corrected chi connectivity index (χ1v) is 9.45. The highest BCUT2D eigenvalue weighted by Gasteiger charge is 2.15. The second-order valence-corrected chi connectivity index (χ2v) is 6.70. The molecule has 0 saturated heterocycles. The lowest BCUT2D eigenvalue weighted by Crippen LogP contribution is -2.10. The third kappa shape index (κ3) is 3.94. The number of rotatable bonds is 5. The van der Waals surface area contributed by atoms with Gasteiger partial charge in [0.1, 0.15) is 11.6 Å². The molecule has 0 aliphatic heterocycles. The molecule has 0 spiro atoms. The summed E-state index contributed by atoms with van der Waals surface area (Å²) in [6.07, 6.45) is 1.91. The van der Waals surface area contributed by atoms with E-state index in [2.05, 4.69) is 10.0 Å². The van der Waals surface area contributed by atoms with Gasteiger partial charge in [-0.3, -0.25) is 4.79 Å². The zero-order valence-corrected chi connectivity index (χ0v) is 14.9. The molecular formula is C18H15FN2O2S2. The lowest BCUT2D eigenvalue weighted by atomic mass is 10.1. The summed E-state index contributed by atoms with van der Waals surface area (Å²) in [6, 6.07) is 13.1. The molecule has 0 unspecified atom stereocenters. The summed E-state index contributed by atoms with van der Waals surface area (Å²) in [4.78, 5) is 12.8. The Labute approximate surface area is 152 Å². The van der Waals surface area contributed by atoms with Crippen LogP contribution in [0.4, 0.5) is 15.8 Å². The standard InChI is InChI=1S/C18H15FN2O2S2/c1-24-21-13-5-2-4-12(9-13)20-18(23)16-8-11(10-25-16)17-14(19)6-3-7-15(17)22/h2-10,21-22H,1H3,(H,20,23). The van der Waals surface area contributed by atoms with E-state index in [0.717, 1.165) is 5.69 Å². The molecule has 0 radical (unpaired) electrons. The van der Waals surface area contributed by atoms with Gasteiger partial charge in [0.2, 0.25) is 0 Å². The van der Waals surface area contributed by atoms with Crippen molar-refractivity contribution in [3.05, 3.63) is 64.6 Å². The molecule has 128 valence electrons. The maximum Gasteiger partial charge on any atom is 0.265 e. The minimum absolute atomic E-state index is 0.101. The molecule has 25 heavy (non-hydrogen) atoms. The first kappa shape index (κ1) is 17.3. The van der Waals surface area contributed by atoms with E-state index >= 15 is 0 Å². The van der Waals surface area contributed by atoms with Crippen LogP contribution in [0.25, 0.3) is 11.1 Å². The maximum atomic E-state index is 13.9. The number of carbonyl (C=O) groups excluding carboxylic acids is 1. The summed E-state index contributed by atoms with van der Waals surface area (Å²) >= 11 is 2.66. The van der Waals surface area contributed by atoms with Gasteiger partial charge in [-0.25, -0.2) is 4.39 Å². The number of hydrogen-bond acceptors (Lipinski definition) is 5. The number of aromatic hydroxyl groups is 1. The molecule has 0 aliphatic carbocycles. The zero-order chi connectivity index (χ0) is 17.8. The van der Waals surface area contributed by atoms with Crippen LogP contribution in [-0.4, -0.2) is 17.3 Å². The average molecular weight is 374 g/mol. The Bertz CT molecular complexity index is 891. The molecule has 4 nitrogen and oxygen atoms in total. The fourth-order valence-electron chi connectivity index (χ4n) is 2.36. The van der Waals surface area contributed by atoms with Gasteiger partial charge in [0.05, 0.1) is 10.4 Å². The van der Waals surface area contributed by atoms with Crippen LogP contribution in [0.2, 0.25) is 0 Å². The molecule has 2 aromatic carbocycles. The summed E-state index contributed by atoms with van der Waals surface area (Å²) in [5.74, 6) is -0.963. The molecule has 7 heteroatoms. The summed E-state index contributed by atoms with van der Waals surface area (Å²) in [5, 5.41) is 14.3. The van der Waals surface area contributed by atoms with Crippen LogP contribution in [0.3, 0.4) is 0 Å². The van der Waals surface area contributed by atoms with E-state index in [-0.39, 0.29) is 17.2 Å². The van der Waals surface area contributed by atoms with E-state index in [1.807, 2.05) is 24.5 Å². The van der Waals surface area contributed by atoms with E-state index in [9.17, 15) is 14.3 Å². The van der Waals surface area contributed by atoms with Crippen LogP contribution in [0.5, 0.6) is 5.75 Å². The molecule has 0 aliphatic rings. The third-order valence-electron chi connectivity index (χ3n) is 3.44. The van der Waals surface area contributed by atoms with Gasteiger partial charge in [-0.15, -0.1) is 11.3 Å². The minimum atomic E-state index is -0.527. The summed E-state index contributed by atoms with van der Waals surface area (Å²) in [7, 11) is 0. The van der Waals surface area contributed by atoms with Crippen molar-refractivity contribution in [1.82, 2.24) is 0 Å². The molecule has 1 amide bonds. The van der Waals surface area contributed by atoms with Gasteiger partial charge in [0, 0.05) is 17.6 Å². The van der Waals surface area contributed by atoms with Crippen LogP contribution in [0.1, 0.15) is 9.67 Å². The molecule has 3 aromatic rings. The van der Waals surface area contributed by atoms with Gasteiger partial charge in [-0.1, -0.05) is 24.1 Å². The molecule has 0 saturated carbocycles. The smallest absolute Gasteiger partial charge is 0.265 e. The van der Waals surface area contributed by atoms with E-state index in [1.165, 1.54) is 41.5 Å². The number of hydrogen-bond donors (Lipinski definition) is 3. The topological polar surface area (TPSA) is 61.4 Å². The summed E-state index contributed by atoms with van der Waals surface area (Å²) in [6.45, 7) is 0. The van der Waals surface area contributed by atoms with Gasteiger partial charge >= 0.3 is 0 Å². The molecule has 1 aromatic heterocycles. The van der Waals surface area contributed by atoms with E-state index in [1.54, 1.807) is 17.5 Å². The molecule has 1 heterocycles. The van der Waals surface area contributed by atoms with Crippen molar-refractivity contribution in [2.24, 2.45) is 0 Å². The second kappa shape index (κ2) is 7.58. The third-order valence-corrected chi connectivity index (χ3v) is 4.81. The van der Waals surface area contributed by atoms with Crippen molar-refractivity contribution in [1.29, 1.82) is 0 Å².